The van der Waals surface area contributed by atoms with E-state index in [1.165, 1.54) is 0 Å². The molecule has 178 valence electrons. The number of carbonyl (C=O) groups excluding carboxylic acids is 1. The second-order valence-corrected chi connectivity index (χ2v) is 8.28. The van der Waals surface area contributed by atoms with Crippen LogP contribution < -0.4 is 15.1 Å². The van der Waals surface area contributed by atoms with E-state index in [-0.39, 0.29) is 12.3 Å². The Balaban J connectivity index is 1.78. The standard InChI is InChI=1S/C25H28FN5O3/c1-30(2)23-20(14-22(32)33)24(31(3)4)29-21(28-23)13-16-7-11-19(12-8-16)27-25(34)18-9-5-17(15-26)6-10-18/h5-12H,13-15H2,1-4H3,(H,27,34)(H,32,33). The Morgan fingerprint density at radius 1 is 0.882 bits per heavy atom. The third-order valence-corrected chi connectivity index (χ3v) is 5.13. The van der Waals surface area contributed by atoms with E-state index in [9.17, 15) is 19.1 Å². The number of carboxylic acid groups (broad SMARTS) is 1. The fraction of sp³-hybridized carbons (Fsp3) is 0.280. The smallest absolute Gasteiger partial charge is 0.308 e. The van der Waals surface area contributed by atoms with Gasteiger partial charge in [-0.15, -0.1) is 0 Å². The minimum atomic E-state index is -0.946. The zero-order chi connectivity index (χ0) is 24.8. The highest BCUT2D eigenvalue weighted by Gasteiger charge is 2.20. The Morgan fingerprint density at radius 3 is 1.88 bits per heavy atom. The number of rotatable bonds is 9. The van der Waals surface area contributed by atoms with E-state index < -0.39 is 12.6 Å². The summed E-state index contributed by atoms with van der Waals surface area (Å²) in [5.41, 5.74) is 3.09. The van der Waals surface area contributed by atoms with Crippen molar-refractivity contribution in [2.24, 2.45) is 0 Å². The lowest BCUT2D eigenvalue weighted by Crippen LogP contribution is -2.22. The van der Waals surface area contributed by atoms with E-state index in [1.807, 2.05) is 40.3 Å². The quantitative estimate of drug-likeness (QED) is 0.499. The van der Waals surface area contributed by atoms with Crippen molar-refractivity contribution in [3.05, 3.63) is 76.6 Å². The van der Waals surface area contributed by atoms with E-state index in [1.54, 1.807) is 46.2 Å². The summed E-state index contributed by atoms with van der Waals surface area (Å²) in [6, 6.07) is 13.7. The van der Waals surface area contributed by atoms with Crippen LogP contribution in [-0.4, -0.2) is 55.1 Å². The maximum atomic E-state index is 12.7. The summed E-state index contributed by atoms with van der Waals surface area (Å²) in [7, 11) is 7.28. The molecule has 0 saturated heterocycles. The Hall–Kier alpha value is -4.01. The fourth-order valence-electron chi connectivity index (χ4n) is 3.47. The molecule has 0 saturated carbocycles. The molecule has 0 fully saturated rings. The first-order valence-corrected chi connectivity index (χ1v) is 10.7. The van der Waals surface area contributed by atoms with Gasteiger partial charge in [-0.25, -0.2) is 14.4 Å². The number of aliphatic carboxylic acids is 1. The number of halogens is 1. The third kappa shape index (κ3) is 6.06. The highest BCUT2D eigenvalue weighted by atomic mass is 19.1. The van der Waals surface area contributed by atoms with Crippen LogP contribution in [0.3, 0.4) is 0 Å². The monoisotopic (exact) mass is 465 g/mol. The molecule has 3 rings (SSSR count). The number of nitrogens with zero attached hydrogens (tertiary/aromatic N) is 4. The normalized spacial score (nSPS) is 10.6. The first-order chi connectivity index (χ1) is 16.2. The Morgan fingerprint density at radius 2 is 1.41 bits per heavy atom. The average Bonchev–Trinajstić information content (AvgIpc) is 2.80. The number of anilines is 3. The summed E-state index contributed by atoms with van der Waals surface area (Å²) in [6.45, 7) is -0.568. The van der Waals surface area contributed by atoms with Crippen LogP contribution in [0.4, 0.5) is 21.7 Å². The molecule has 0 unspecified atom stereocenters. The van der Waals surface area contributed by atoms with Crippen LogP contribution in [0.2, 0.25) is 0 Å². The molecule has 0 bridgehead atoms. The van der Waals surface area contributed by atoms with Gasteiger partial charge in [0.15, 0.2) is 0 Å². The molecule has 2 N–H and O–H groups in total. The van der Waals surface area contributed by atoms with Gasteiger partial charge in [0.2, 0.25) is 0 Å². The summed E-state index contributed by atoms with van der Waals surface area (Å²) in [4.78, 5) is 36.6. The zero-order valence-corrected chi connectivity index (χ0v) is 19.7. The molecule has 0 aliphatic carbocycles. The predicted molar refractivity (Wildman–Crippen MR) is 130 cm³/mol. The number of aromatic nitrogens is 2. The van der Waals surface area contributed by atoms with Crippen LogP contribution in [0.1, 0.15) is 32.9 Å². The van der Waals surface area contributed by atoms with Gasteiger partial charge in [0, 0.05) is 51.4 Å². The molecular formula is C25H28FN5O3. The number of hydrogen-bond donors (Lipinski definition) is 2. The predicted octanol–water partition coefficient (Wildman–Crippen LogP) is 3.55. The number of amides is 1. The number of hydrogen-bond acceptors (Lipinski definition) is 6. The van der Waals surface area contributed by atoms with Gasteiger partial charge in [-0.2, -0.15) is 0 Å². The van der Waals surface area contributed by atoms with Crippen molar-refractivity contribution in [3.8, 4) is 0 Å². The maximum Gasteiger partial charge on any atom is 0.308 e. The van der Waals surface area contributed by atoms with Crippen LogP contribution in [0.25, 0.3) is 0 Å². The zero-order valence-electron chi connectivity index (χ0n) is 19.7. The van der Waals surface area contributed by atoms with Crippen LogP contribution in [0.15, 0.2) is 48.5 Å². The van der Waals surface area contributed by atoms with Crippen LogP contribution in [-0.2, 0) is 24.3 Å². The summed E-state index contributed by atoms with van der Waals surface area (Å²) < 4.78 is 12.7. The summed E-state index contributed by atoms with van der Waals surface area (Å²) in [5.74, 6) is 0.476. The molecule has 1 amide bonds. The first-order valence-electron chi connectivity index (χ1n) is 10.7. The third-order valence-electron chi connectivity index (χ3n) is 5.13. The van der Waals surface area contributed by atoms with Gasteiger partial charge in [-0.05, 0) is 35.4 Å². The van der Waals surface area contributed by atoms with Crippen molar-refractivity contribution in [1.82, 2.24) is 9.97 Å². The average molecular weight is 466 g/mol. The second kappa shape index (κ2) is 10.7. The molecule has 0 aliphatic heterocycles. The largest absolute Gasteiger partial charge is 0.481 e. The molecule has 0 spiro atoms. The molecule has 2 aromatic carbocycles. The molecule has 0 aliphatic rings. The van der Waals surface area contributed by atoms with Gasteiger partial charge in [0.05, 0.1) is 6.42 Å². The van der Waals surface area contributed by atoms with Crippen LogP contribution in [0, 0.1) is 0 Å². The second-order valence-electron chi connectivity index (χ2n) is 8.28. The first kappa shape index (κ1) is 24.6. The van der Waals surface area contributed by atoms with Gasteiger partial charge in [-0.3, -0.25) is 9.59 Å². The number of alkyl halides is 1. The van der Waals surface area contributed by atoms with Crippen LogP contribution >= 0.6 is 0 Å². The lowest BCUT2D eigenvalue weighted by atomic mass is 10.1. The lowest BCUT2D eigenvalue weighted by Gasteiger charge is -2.22. The molecule has 1 heterocycles. The van der Waals surface area contributed by atoms with Gasteiger partial charge >= 0.3 is 5.97 Å². The molecule has 9 heteroatoms. The van der Waals surface area contributed by atoms with Crippen molar-refractivity contribution in [3.63, 3.8) is 0 Å². The minimum Gasteiger partial charge on any atom is -0.481 e. The molecule has 34 heavy (non-hydrogen) atoms. The Labute approximate surface area is 198 Å². The van der Waals surface area contributed by atoms with E-state index in [0.717, 1.165) is 5.56 Å². The van der Waals surface area contributed by atoms with Gasteiger partial charge in [0.1, 0.15) is 24.1 Å². The lowest BCUT2D eigenvalue weighted by molar-refractivity contribution is -0.136. The van der Waals surface area contributed by atoms with Crippen molar-refractivity contribution in [1.29, 1.82) is 0 Å². The van der Waals surface area contributed by atoms with Gasteiger partial charge < -0.3 is 20.2 Å². The number of carbonyl (C=O) groups is 2. The van der Waals surface area contributed by atoms with Crippen molar-refractivity contribution >= 4 is 29.2 Å². The van der Waals surface area contributed by atoms with E-state index in [0.29, 0.717) is 46.3 Å². The minimum absolute atomic E-state index is 0.174. The SMILES string of the molecule is CN(C)c1nc(Cc2ccc(NC(=O)c3ccc(CF)cc3)cc2)nc(N(C)C)c1CC(=O)O. The van der Waals surface area contributed by atoms with Crippen molar-refractivity contribution in [2.45, 2.75) is 19.5 Å². The van der Waals surface area contributed by atoms with E-state index in [2.05, 4.69) is 15.3 Å². The summed E-state index contributed by atoms with van der Waals surface area (Å²) in [5, 5.41) is 12.2. The Kier molecular flexibility index (Phi) is 7.78. The molecular weight excluding hydrogens is 437 g/mol. The van der Waals surface area contributed by atoms with Crippen molar-refractivity contribution in [2.75, 3.05) is 43.3 Å². The number of carboxylic acids is 1. The highest BCUT2D eigenvalue weighted by molar-refractivity contribution is 6.04. The number of nitrogens with one attached hydrogen (secondary N) is 1. The van der Waals surface area contributed by atoms with Gasteiger partial charge in [0.25, 0.3) is 5.91 Å². The molecule has 0 atom stereocenters. The molecule has 3 aromatic rings. The fourth-order valence-corrected chi connectivity index (χ4v) is 3.47. The summed E-state index contributed by atoms with van der Waals surface area (Å²) in [6.07, 6.45) is 0.264. The maximum absolute atomic E-state index is 12.7. The van der Waals surface area contributed by atoms with Gasteiger partial charge in [-0.1, -0.05) is 24.3 Å². The topological polar surface area (TPSA) is 98.7 Å². The molecule has 8 nitrogen and oxygen atoms in total. The van der Waals surface area contributed by atoms with Crippen LogP contribution in [0.5, 0.6) is 0 Å². The molecule has 1 aromatic heterocycles. The van der Waals surface area contributed by atoms with E-state index >= 15 is 0 Å². The molecule has 0 radical (unpaired) electrons. The highest BCUT2D eigenvalue weighted by Crippen LogP contribution is 2.27. The van der Waals surface area contributed by atoms with E-state index in [4.69, 9.17) is 0 Å². The number of benzene rings is 2. The Bertz CT molecular complexity index is 1130. The van der Waals surface area contributed by atoms with Crippen molar-refractivity contribution < 1.29 is 19.1 Å². The summed E-state index contributed by atoms with van der Waals surface area (Å²) >= 11 is 0.